The summed E-state index contributed by atoms with van der Waals surface area (Å²) in [5, 5.41) is 0.200. The Labute approximate surface area is 158 Å². The van der Waals surface area contributed by atoms with Gasteiger partial charge in [-0.05, 0) is 57.5 Å². The molecule has 0 saturated heterocycles. The lowest BCUT2D eigenvalue weighted by atomic mass is 10.1. The summed E-state index contributed by atoms with van der Waals surface area (Å²) in [6.45, 7) is 17.9. The van der Waals surface area contributed by atoms with Crippen molar-refractivity contribution in [2.45, 2.75) is 83.3 Å². The third-order valence-corrected chi connectivity index (χ3v) is 10.9. The van der Waals surface area contributed by atoms with Gasteiger partial charge in [-0.25, -0.2) is 0 Å². The van der Waals surface area contributed by atoms with Crippen LogP contribution < -0.4 is 4.72 Å². The summed E-state index contributed by atoms with van der Waals surface area (Å²) in [6, 6.07) is 6.01. The molecule has 0 unspecified atom stereocenters. The van der Waals surface area contributed by atoms with E-state index >= 15 is 0 Å². The number of pyridine rings is 1. The lowest BCUT2D eigenvalue weighted by Crippen LogP contribution is -2.47. The van der Waals surface area contributed by atoms with Crippen LogP contribution in [0.4, 0.5) is 0 Å². The molecule has 1 aromatic heterocycles. The van der Waals surface area contributed by atoms with E-state index in [2.05, 4.69) is 43.6 Å². The van der Waals surface area contributed by atoms with Crippen LogP contribution >= 0.6 is 0 Å². The second-order valence-electron chi connectivity index (χ2n) is 9.12. The second-order valence-corrected chi connectivity index (χ2v) is 15.9. The minimum absolute atomic E-state index is 0.0831. The van der Waals surface area contributed by atoms with Crippen molar-refractivity contribution in [3.63, 3.8) is 0 Å². The molecular formula is C19H36N2O2SSi. The van der Waals surface area contributed by atoms with Crippen LogP contribution in [0.5, 0.6) is 0 Å². The standard InChI is InChI=1S/C19H36N2O2SSi/c1-18(2,3)24(22)21-17(15-16-11-9-10-13-20-16)12-14-23-25(7,8)19(4,5)6/h9-11,13,17,21H,12,14-15H2,1-8H3/t17-,24-/m1/s1. The van der Waals surface area contributed by atoms with Crippen molar-refractivity contribution in [1.29, 1.82) is 0 Å². The molecule has 4 nitrogen and oxygen atoms in total. The molecule has 25 heavy (non-hydrogen) atoms. The van der Waals surface area contributed by atoms with Crippen molar-refractivity contribution in [1.82, 2.24) is 9.71 Å². The van der Waals surface area contributed by atoms with E-state index in [0.717, 1.165) is 18.5 Å². The van der Waals surface area contributed by atoms with E-state index in [1.807, 2.05) is 39.0 Å². The second kappa shape index (κ2) is 9.00. The zero-order valence-corrected chi connectivity index (χ0v) is 19.0. The van der Waals surface area contributed by atoms with Gasteiger partial charge in [0.15, 0.2) is 8.32 Å². The highest BCUT2D eigenvalue weighted by molar-refractivity contribution is 7.90. The summed E-state index contributed by atoms with van der Waals surface area (Å²) in [4.78, 5) is 4.41. The van der Waals surface area contributed by atoms with Gasteiger partial charge >= 0.3 is 0 Å². The molecule has 0 aliphatic heterocycles. The van der Waals surface area contributed by atoms with Gasteiger partial charge in [0.05, 0.1) is 6.04 Å². The molecule has 1 rings (SSSR count). The van der Waals surface area contributed by atoms with E-state index in [9.17, 15) is 4.55 Å². The topological polar surface area (TPSA) is 57.2 Å². The lowest BCUT2D eigenvalue weighted by molar-refractivity contribution is 0.267. The molecule has 0 bridgehead atoms. The van der Waals surface area contributed by atoms with Crippen LogP contribution in [0.1, 0.15) is 53.7 Å². The molecule has 1 N–H and O–H groups in total. The quantitative estimate of drug-likeness (QED) is 0.531. The number of hydrogen-bond acceptors (Lipinski definition) is 4. The van der Waals surface area contributed by atoms with Crippen molar-refractivity contribution in [2.75, 3.05) is 6.61 Å². The molecule has 1 aromatic rings. The molecule has 0 radical (unpaired) electrons. The van der Waals surface area contributed by atoms with Crippen molar-refractivity contribution >= 4 is 19.7 Å². The fourth-order valence-corrected chi connectivity index (χ4v) is 3.89. The number of nitrogens with one attached hydrogen (secondary N) is 1. The van der Waals surface area contributed by atoms with Gasteiger partial charge in [0, 0.05) is 36.3 Å². The van der Waals surface area contributed by atoms with E-state index in [0.29, 0.717) is 6.61 Å². The maximum atomic E-state index is 12.5. The van der Waals surface area contributed by atoms with Gasteiger partial charge in [-0.1, -0.05) is 26.8 Å². The van der Waals surface area contributed by atoms with Crippen molar-refractivity contribution in [3.05, 3.63) is 30.1 Å². The molecule has 2 atom stereocenters. The summed E-state index contributed by atoms with van der Waals surface area (Å²) < 4.78 is 21.8. The predicted octanol–water partition coefficient (Wildman–Crippen LogP) is 4.46. The first-order valence-electron chi connectivity index (χ1n) is 9.05. The Balaban J connectivity index is 2.71. The van der Waals surface area contributed by atoms with Crippen LogP contribution in [0.2, 0.25) is 18.1 Å². The number of hydrogen-bond donors (Lipinski definition) is 1. The molecular weight excluding hydrogens is 348 g/mol. The molecule has 0 amide bonds. The average molecular weight is 385 g/mol. The first-order valence-corrected chi connectivity index (χ1v) is 13.1. The van der Waals surface area contributed by atoms with Crippen LogP contribution in [0, 0.1) is 0 Å². The van der Waals surface area contributed by atoms with E-state index in [1.165, 1.54) is 0 Å². The molecule has 144 valence electrons. The zero-order chi connectivity index (χ0) is 19.3. The minimum atomic E-state index is -1.76. The summed E-state index contributed by atoms with van der Waals surface area (Å²) in [5.74, 6) is 0. The van der Waals surface area contributed by atoms with E-state index in [-0.39, 0.29) is 15.8 Å². The number of nitrogens with zero attached hydrogens (tertiary/aromatic N) is 1. The molecule has 6 heteroatoms. The maximum absolute atomic E-state index is 12.5. The number of rotatable bonds is 8. The van der Waals surface area contributed by atoms with Gasteiger partial charge in [-0.15, -0.1) is 4.72 Å². The molecule has 0 spiro atoms. The highest BCUT2D eigenvalue weighted by atomic mass is 32.2. The average Bonchev–Trinajstić information content (AvgIpc) is 2.45. The fourth-order valence-electron chi connectivity index (χ4n) is 1.97. The van der Waals surface area contributed by atoms with Crippen LogP contribution in [0.15, 0.2) is 24.4 Å². The molecule has 1 heterocycles. The Morgan fingerprint density at radius 2 is 1.84 bits per heavy atom. The predicted molar refractivity (Wildman–Crippen MR) is 111 cm³/mol. The Hall–Kier alpha value is -0.403. The van der Waals surface area contributed by atoms with Crippen molar-refractivity contribution in [3.8, 4) is 0 Å². The summed E-state index contributed by atoms with van der Waals surface area (Å²) >= 11 is -1.10. The smallest absolute Gasteiger partial charge is 0.191 e. The van der Waals surface area contributed by atoms with E-state index in [4.69, 9.17) is 4.43 Å². The van der Waals surface area contributed by atoms with Gasteiger partial charge in [0.1, 0.15) is 4.75 Å². The Morgan fingerprint density at radius 3 is 2.32 bits per heavy atom. The molecule has 0 aliphatic rings. The molecule has 0 aromatic carbocycles. The third kappa shape index (κ3) is 7.79. The normalized spacial score (nSPS) is 15.9. The van der Waals surface area contributed by atoms with Crippen LogP contribution in [-0.4, -0.2) is 35.2 Å². The Morgan fingerprint density at radius 1 is 1.20 bits per heavy atom. The number of aromatic nitrogens is 1. The van der Waals surface area contributed by atoms with E-state index < -0.39 is 19.7 Å². The molecule has 0 aliphatic carbocycles. The van der Waals surface area contributed by atoms with Crippen LogP contribution in [0.25, 0.3) is 0 Å². The molecule has 0 saturated carbocycles. The van der Waals surface area contributed by atoms with Crippen molar-refractivity contribution < 1.29 is 8.98 Å². The third-order valence-electron chi connectivity index (χ3n) is 4.75. The van der Waals surface area contributed by atoms with Crippen LogP contribution in [0.3, 0.4) is 0 Å². The summed E-state index contributed by atoms with van der Waals surface area (Å²) in [7, 11) is -1.76. The van der Waals surface area contributed by atoms with Gasteiger partial charge in [-0.3, -0.25) is 4.98 Å². The van der Waals surface area contributed by atoms with Gasteiger partial charge in [-0.2, -0.15) is 0 Å². The Kier molecular flexibility index (Phi) is 8.15. The highest BCUT2D eigenvalue weighted by Gasteiger charge is 2.37. The first-order chi connectivity index (χ1) is 11.3. The first kappa shape index (κ1) is 22.6. The summed E-state index contributed by atoms with van der Waals surface area (Å²) in [6.07, 6.45) is 3.38. The van der Waals surface area contributed by atoms with Crippen LogP contribution in [-0.2, 0) is 22.2 Å². The maximum Gasteiger partial charge on any atom is 0.191 e. The van der Waals surface area contributed by atoms with E-state index in [1.54, 1.807) is 6.20 Å². The van der Waals surface area contributed by atoms with Gasteiger partial charge in [0.2, 0.25) is 0 Å². The highest BCUT2D eigenvalue weighted by Crippen LogP contribution is 2.36. The fraction of sp³-hybridized carbons (Fsp3) is 0.737. The SMILES string of the molecule is CC(C)(C)[S@@+]([O-])N[C@H](CCO[Si](C)(C)C(C)(C)C)Cc1ccccn1. The molecule has 0 fully saturated rings. The minimum Gasteiger partial charge on any atom is -0.598 e. The largest absolute Gasteiger partial charge is 0.598 e. The van der Waals surface area contributed by atoms with Gasteiger partial charge in [0.25, 0.3) is 0 Å². The zero-order valence-electron chi connectivity index (χ0n) is 17.2. The van der Waals surface area contributed by atoms with Gasteiger partial charge < -0.3 is 8.98 Å². The summed E-state index contributed by atoms with van der Waals surface area (Å²) in [5.41, 5.74) is 1.01. The monoisotopic (exact) mass is 384 g/mol. The van der Waals surface area contributed by atoms with Crippen molar-refractivity contribution in [2.24, 2.45) is 0 Å². The lowest BCUT2D eigenvalue weighted by Gasteiger charge is -2.36. The Bertz CT molecular complexity index is 512.